The van der Waals surface area contributed by atoms with Gasteiger partial charge in [-0.1, -0.05) is 31.5 Å². The molecule has 0 aromatic heterocycles. The van der Waals surface area contributed by atoms with Crippen LogP contribution in [0.15, 0.2) is 29.5 Å². The van der Waals surface area contributed by atoms with Crippen LogP contribution in [0.3, 0.4) is 0 Å². The van der Waals surface area contributed by atoms with E-state index < -0.39 is 17.8 Å². The Bertz CT molecular complexity index is 656. The van der Waals surface area contributed by atoms with Crippen molar-refractivity contribution >= 4 is 34.9 Å². The van der Waals surface area contributed by atoms with Crippen molar-refractivity contribution in [3.63, 3.8) is 0 Å². The Labute approximate surface area is 145 Å². The van der Waals surface area contributed by atoms with Crippen LogP contribution in [0, 0.1) is 11.7 Å². The van der Waals surface area contributed by atoms with Gasteiger partial charge < -0.3 is 15.4 Å². The topological polar surface area (TPSA) is 50.4 Å². The molecule has 23 heavy (non-hydrogen) atoms. The van der Waals surface area contributed by atoms with E-state index in [4.69, 9.17) is 28.6 Å². The van der Waals surface area contributed by atoms with Crippen LogP contribution in [-0.2, 0) is 9.53 Å². The first kappa shape index (κ1) is 17.7. The molecule has 0 saturated heterocycles. The summed E-state index contributed by atoms with van der Waals surface area (Å²) in [6.07, 6.45) is 0. The van der Waals surface area contributed by atoms with E-state index in [-0.39, 0.29) is 28.7 Å². The second kappa shape index (κ2) is 7.27. The maximum Gasteiger partial charge on any atom is 0.338 e. The third-order valence-corrected chi connectivity index (χ3v) is 3.87. The van der Waals surface area contributed by atoms with Crippen molar-refractivity contribution in [1.82, 2.24) is 10.6 Å². The molecule has 124 valence electrons. The van der Waals surface area contributed by atoms with Gasteiger partial charge in [-0.25, -0.2) is 9.18 Å². The fourth-order valence-corrected chi connectivity index (χ4v) is 2.83. The van der Waals surface area contributed by atoms with Crippen molar-refractivity contribution in [2.45, 2.75) is 26.8 Å². The van der Waals surface area contributed by atoms with Crippen LogP contribution < -0.4 is 10.6 Å². The van der Waals surface area contributed by atoms with E-state index in [0.29, 0.717) is 10.8 Å². The number of hydrogen-bond donors (Lipinski definition) is 2. The zero-order chi connectivity index (χ0) is 17.1. The quantitative estimate of drug-likeness (QED) is 0.639. The molecule has 1 atom stereocenters. The van der Waals surface area contributed by atoms with Gasteiger partial charge in [-0.3, -0.25) is 0 Å². The maximum absolute atomic E-state index is 14.3. The van der Waals surface area contributed by atoms with Gasteiger partial charge in [0.05, 0.1) is 18.2 Å². The lowest BCUT2D eigenvalue weighted by Gasteiger charge is -2.30. The van der Waals surface area contributed by atoms with E-state index in [1.165, 1.54) is 12.1 Å². The first-order chi connectivity index (χ1) is 10.8. The number of allylic oxidation sites excluding steroid dienone is 1. The monoisotopic (exact) mass is 356 g/mol. The highest BCUT2D eigenvalue weighted by Crippen LogP contribution is 2.34. The summed E-state index contributed by atoms with van der Waals surface area (Å²) in [5, 5.41) is 6.29. The van der Waals surface area contributed by atoms with E-state index >= 15 is 0 Å². The lowest BCUT2D eigenvalue weighted by atomic mass is 9.95. The Morgan fingerprint density at radius 2 is 2.17 bits per heavy atom. The van der Waals surface area contributed by atoms with Crippen molar-refractivity contribution in [3.8, 4) is 0 Å². The SMILES string of the molecule is CC1=C(C(=O)OCC(C)C)[C@H](c2c(F)cccc2Cl)NC(=S)N1. The highest BCUT2D eigenvalue weighted by Gasteiger charge is 2.34. The zero-order valence-corrected chi connectivity index (χ0v) is 14.6. The summed E-state index contributed by atoms with van der Waals surface area (Å²) in [6.45, 7) is 5.84. The standard InChI is InChI=1S/C16H18ClFN2O2S/c1-8(2)7-22-15(21)12-9(3)19-16(23)20-14(12)13-10(17)5-4-6-11(13)18/h4-6,8,14H,7H2,1-3H3,(H2,19,20,23)/t14-/m1/s1. The Balaban J connectivity index is 2.44. The number of ether oxygens (including phenoxy) is 1. The number of esters is 1. The largest absolute Gasteiger partial charge is 0.462 e. The minimum Gasteiger partial charge on any atom is -0.462 e. The fourth-order valence-electron chi connectivity index (χ4n) is 2.29. The third-order valence-electron chi connectivity index (χ3n) is 3.33. The molecular weight excluding hydrogens is 339 g/mol. The summed E-state index contributed by atoms with van der Waals surface area (Å²) in [5.74, 6) is -0.842. The van der Waals surface area contributed by atoms with Gasteiger partial charge in [0.1, 0.15) is 5.82 Å². The van der Waals surface area contributed by atoms with Crippen molar-refractivity contribution < 1.29 is 13.9 Å². The van der Waals surface area contributed by atoms with E-state index in [1.54, 1.807) is 13.0 Å². The predicted octanol–water partition coefficient (Wildman–Crippen LogP) is 3.47. The van der Waals surface area contributed by atoms with Gasteiger partial charge >= 0.3 is 5.97 Å². The highest BCUT2D eigenvalue weighted by molar-refractivity contribution is 7.80. The average Bonchev–Trinajstić information content (AvgIpc) is 2.44. The number of rotatable bonds is 4. The predicted molar refractivity (Wildman–Crippen MR) is 91.5 cm³/mol. The fraction of sp³-hybridized carbons (Fsp3) is 0.375. The summed E-state index contributed by atoms with van der Waals surface area (Å²) in [5.41, 5.74) is 0.965. The van der Waals surface area contributed by atoms with Crippen molar-refractivity contribution in [1.29, 1.82) is 0 Å². The van der Waals surface area contributed by atoms with Crippen LogP contribution in [0.2, 0.25) is 5.02 Å². The first-order valence-corrected chi connectivity index (χ1v) is 7.99. The molecule has 0 radical (unpaired) electrons. The smallest absolute Gasteiger partial charge is 0.338 e. The van der Waals surface area contributed by atoms with Crippen molar-refractivity contribution in [3.05, 3.63) is 45.9 Å². The molecule has 0 aliphatic carbocycles. The molecule has 0 spiro atoms. The second-order valence-corrected chi connectivity index (χ2v) is 6.51. The molecule has 1 aromatic carbocycles. The highest BCUT2D eigenvalue weighted by atomic mass is 35.5. The Hall–Kier alpha value is -1.66. The number of carbonyl (C=O) groups excluding carboxylic acids is 1. The molecule has 0 fully saturated rings. The molecule has 0 unspecified atom stereocenters. The molecular formula is C16H18ClFN2O2S. The van der Waals surface area contributed by atoms with Gasteiger partial charge in [-0.15, -0.1) is 0 Å². The van der Waals surface area contributed by atoms with Gasteiger partial charge in [0.25, 0.3) is 0 Å². The number of benzene rings is 1. The first-order valence-electron chi connectivity index (χ1n) is 7.20. The minimum atomic E-state index is -0.794. The van der Waals surface area contributed by atoms with E-state index in [9.17, 15) is 9.18 Å². The molecule has 0 amide bonds. The molecule has 1 aliphatic heterocycles. The molecule has 1 heterocycles. The van der Waals surface area contributed by atoms with Gasteiger partial charge in [-0.05, 0) is 37.2 Å². The molecule has 4 nitrogen and oxygen atoms in total. The number of nitrogens with one attached hydrogen (secondary N) is 2. The summed E-state index contributed by atoms with van der Waals surface area (Å²) >= 11 is 11.3. The lowest BCUT2D eigenvalue weighted by Crippen LogP contribution is -2.45. The Morgan fingerprint density at radius 1 is 1.48 bits per heavy atom. The molecule has 0 bridgehead atoms. The number of hydrogen-bond acceptors (Lipinski definition) is 3. The van der Waals surface area contributed by atoms with Crippen LogP contribution in [-0.4, -0.2) is 17.7 Å². The lowest BCUT2D eigenvalue weighted by molar-refractivity contribution is -0.140. The molecule has 1 aliphatic rings. The van der Waals surface area contributed by atoms with Gasteiger partial charge in [0.2, 0.25) is 0 Å². The molecule has 1 aromatic rings. The molecule has 0 saturated carbocycles. The van der Waals surface area contributed by atoms with Crippen LogP contribution in [0.5, 0.6) is 0 Å². The van der Waals surface area contributed by atoms with Gasteiger partial charge in [-0.2, -0.15) is 0 Å². The minimum absolute atomic E-state index is 0.175. The molecule has 7 heteroatoms. The van der Waals surface area contributed by atoms with Crippen molar-refractivity contribution in [2.75, 3.05) is 6.61 Å². The maximum atomic E-state index is 14.3. The number of carbonyl (C=O) groups is 1. The summed E-state index contributed by atoms with van der Waals surface area (Å²) in [7, 11) is 0. The molecule has 2 rings (SSSR count). The van der Waals surface area contributed by atoms with E-state index in [0.717, 1.165) is 0 Å². The van der Waals surface area contributed by atoms with Gasteiger partial charge in [0.15, 0.2) is 5.11 Å². The Kier molecular flexibility index (Phi) is 5.59. The third kappa shape index (κ3) is 4.00. The summed E-state index contributed by atoms with van der Waals surface area (Å²) < 4.78 is 19.6. The van der Waals surface area contributed by atoms with E-state index in [2.05, 4.69) is 10.6 Å². The zero-order valence-electron chi connectivity index (χ0n) is 13.1. The summed E-state index contributed by atoms with van der Waals surface area (Å²) in [4.78, 5) is 12.5. The van der Waals surface area contributed by atoms with E-state index in [1.807, 2.05) is 13.8 Å². The average molecular weight is 357 g/mol. The molecule has 2 N–H and O–H groups in total. The summed E-state index contributed by atoms with van der Waals surface area (Å²) in [6, 6.07) is 3.57. The van der Waals surface area contributed by atoms with Crippen LogP contribution >= 0.6 is 23.8 Å². The van der Waals surface area contributed by atoms with Crippen LogP contribution in [0.4, 0.5) is 4.39 Å². The van der Waals surface area contributed by atoms with Crippen LogP contribution in [0.1, 0.15) is 32.4 Å². The Morgan fingerprint density at radius 3 is 2.78 bits per heavy atom. The number of halogens is 2. The normalized spacial score (nSPS) is 17.8. The van der Waals surface area contributed by atoms with Gasteiger partial charge in [0, 0.05) is 16.3 Å². The number of thiocarbonyl (C=S) groups is 1. The van der Waals surface area contributed by atoms with Crippen LogP contribution in [0.25, 0.3) is 0 Å². The second-order valence-electron chi connectivity index (χ2n) is 5.70. The van der Waals surface area contributed by atoms with Crippen molar-refractivity contribution in [2.24, 2.45) is 5.92 Å².